The summed E-state index contributed by atoms with van der Waals surface area (Å²) < 4.78 is 76.2. The Bertz CT molecular complexity index is 903. The molecule has 0 unspecified atom stereocenters. The fraction of sp³-hybridized carbons (Fsp3) is 0.333. The molecule has 0 aliphatic carbocycles. The summed E-state index contributed by atoms with van der Waals surface area (Å²) in [7, 11) is -10.7. The zero-order chi connectivity index (χ0) is 23.1. The van der Waals surface area contributed by atoms with E-state index >= 15 is 0 Å². The van der Waals surface area contributed by atoms with Crippen LogP contribution in [0.15, 0.2) is 36.4 Å². The van der Waals surface area contributed by atoms with Crippen LogP contribution in [0.2, 0.25) is 0 Å². The van der Waals surface area contributed by atoms with Gasteiger partial charge >= 0.3 is 38.7 Å². The second-order valence-electron chi connectivity index (χ2n) is 5.67. The van der Waals surface area contributed by atoms with Crippen LogP contribution in [-0.2, 0) is 0 Å². The van der Waals surface area contributed by atoms with Crippen molar-refractivity contribution in [1.82, 2.24) is 0 Å². The number of nitrogens with zero attached hydrogens (tertiary/aromatic N) is 2. The van der Waals surface area contributed by atoms with Gasteiger partial charge in [0.1, 0.15) is 11.5 Å². The summed E-state index contributed by atoms with van der Waals surface area (Å²) >= 11 is 0. The minimum atomic E-state index is -10.7. The van der Waals surface area contributed by atoms with Gasteiger partial charge in [-0.2, -0.15) is 0 Å². The standard InChI is InChI=1S/C18H21N2O3.F6P/c1-4-21-16-10-8-7-9-13(16)14-11-18(23-6-3)15(20-19)12-17(14)22-5-2;1-7(2,3,4,5)6/h7-12H,4-6H2,1-3H3;/q+1;-1. The van der Waals surface area contributed by atoms with Crippen molar-refractivity contribution in [1.29, 1.82) is 5.39 Å². The number of halogens is 6. The molecule has 0 heterocycles. The Morgan fingerprint density at radius 1 is 0.733 bits per heavy atom. The molecular weight excluding hydrogens is 437 g/mol. The molecule has 0 fully saturated rings. The molecule has 30 heavy (non-hydrogen) atoms. The Morgan fingerprint density at radius 3 is 1.70 bits per heavy atom. The molecule has 0 spiro atoms. The van der Waals surface area contributed by atoms with Gasteiger partial charge in [-0.25, -0.2) is 0 Å². The van der Waals surface area contributed by atoms with E-state index in [2.05, 4.69) is 4.98 Å². The van der Waals surface area contributed by atoms with Crippen molar-refractivity contribution >= 4 is 13.5 Å². The molecule has 2 aromatic carbocycles. The van der Waals surface area contributed by atoms with Crippen molar-refractivity contribution in [2.45, 2.75) is 20.8 Å². The third-order valence-electron chi connectivity index (χ3n) is 3.25. The minimum absolute atomic E-state index is 0.341. The van der Waals surface area contributed by atoms with Gasteiger partial charge in [0, 0.05) is 17.2 Å². The van der Waals surface area contributed by atoms with E-state index in [9.17, 15) is 30.6 Å². The van der Waals surface area contributed by atoms with Gasteiger partial charge in [0.05, 0.1) is 25.9 Å². The van der Waals surface area contributed by atoms with Crippen LogP contribution < -0.4 is 14.2 Å². The van der Waals surface area contributed by atoms with E-state index in [0.29, 0.717) is 37.0 Å². The van der Waals surface area contributed by atoms with Gasteiger partial charge in [0.2, 0.25) is 11.1 Å². The summed E-state index contributed by atoms with van der Waals surface area (Å²) in [5, 5.41) is 9.20. The van der Waals surface area contributed by atoms with Crippen molar-refractivity contribution in [3.63, 3.8) is 0 Å². The average Bonchev–Trinajstić information content (AvgIpc) is 2.61. The van der Waals surface area contributed by atoms with E-state index in [-0.39, 0.29) is 0 Å². The van der Waals surface area contributed by atoms with Gasteiger partial charge in [-0.3, -0.25) is 0 Å². The van der Waals surface area contributed by atoms with Gasteiger partial charge in [0.25, 0.3) is 0 Å². The van der Waals surface area contributed by atoms with Gasteiger partial charge in [-0.05, 0) is 26.8 Å². The van der Waals surface area contributed by atoms with Crippen molar-refractivity contribution in [2.75, 3.05) is 19.8 Å². The summed E-state index contributed by atoms with van der Waals surface area (Å²) in [6.45, 7) is 7.28. The third-order valence-corrected chi connectivity index (χ3v) is 3.25. The molecule has 5 nitrogen and oxygen atoms in total. The van der Waals surface area contributed by atoms with E-state index in [1.807, 2.05) is 51.1 Å². The van der Waals surface area contributed by atoms with Gasteiger partial charge < -0.3 is 14.2 Å². The van der Waals surface area contributed by atoms with Crippen molar-refractivity contribution in [2.24, 2.45) is 0 Å². The van der Waals surface area contributed by atoms with E-state index in [4.69, 9.17) is 14.2 Å². The monoisotopic (exact) mass is 458 g/mol. The molecular formula is C18H21F6N2O3P. The second kappa shape index (κ2) is 8.96. The van der Waals surface area contributed by atoms with Crippen molar-refractivity contribution in [3.05, 3.63) is 41.4 Å². The quantitative estimate of drug-likeness (QED) is 0.237. The molecule has 0 aliphatic heterocycles. The number of para-hydroxylation sites is 1. The molecule has 0 amide bonds. The first-order valence-electron chi connectivity index (χ1n) is 8.77. The number of hydrogen-bond donors (Lipinski definition) is 0. The van der Waals surface area contributed by atoms with E-state index in [1.165, 1.54) is 0 Å². The van der Waals surface area contributed by atoms with Crippen LogP contribution in [0.25, 0.3) is 16.1 Å². The average molecular weight is 458 g/mol. The van der Waals surface area contributed by atoms with Crippen LogP contribution in [-0.4, -0.2) is 19.8 Å². The van der Waals surface area contributed by atoms with Crippen LogP contribution in [0.3, 0.4) is 0 Å². The Hall–Kier alpha value is -2.73. The molecule has 2 aromatic rings. The summed E-state index contributed by atoms with van der Waals surface area (Å²) in [5.74, 6) is 1.89. The summed E-state index contributed by atoms with van der Waals surface area (Å²) in [4.78, 5) is 3.29. The van der Waals surface area contributed by atoms with Crippen LogP contribution in [0, 0.1) is 5.39 Å². The van der Waals surface area contributed by atoms with Gasteiger partial charge in [0.15, 0.2) is 4.98 Å². The zero-order valence-corrected chi connectivity index (χ0v) is 17.3. The van der Waals surface area contributed by atoms with E-state index in [0.717, 1.165) is 16.9 Å². The molecule has 2 rings (SSSR count). The fourth-order valence-electron chi connectivity index (χ4n) is 2.35. The van der Waals surface area contributed by atoms with Crippen molar-refractivity contribution in [3.8, 4) is 28.4 Å². The van der Waals surface area contributed by atoms with Gasteiger partial charge in [-0.15, -0.1) is 0 Å². The first-order valence-corrected chi connectivity index (χ1v) is 10.8. The predicted octanol–water partition coefficient (Wildman–Crippen LogP) is 8.42. The number of hydrogen-bond acceptors (Lipinski definition) is 4. The zero-order valence-electron chi connectivity index (χ0n) is 16.4. The molecule has 0 atom stereocenters. The Kier molecular flexibility index (Phi) is 7.56. The Labute approximate surface area is 169 Å². The summed E-state index contributed by atoms with van der Waals surface area (Å²) in [6.07, 6.45) is 0. The molecule has 0 aliphatic rings. The van der Waals surface area contributed by atoms with E-state index < -0.39 is 7.81 Å². The summed E-state index contributed by atoms with van der Waals surface area (Å²) in [6, 6.07) is 11.2. The normalized spacial score (nSPS) is 13.1. The topological polar surface area (TPSA) is 55.8 Å². The van der Waals surface area contributed by atoms with Crippen LogP contribution in [0.1, 0.15) is 20.8 Å². The Morgan fingerprint density at radius 2 is 1.20 bits per heavy atom. The number of benzene rings is 2. The Balaban J connectivity index is 0.000000553. The molecule has 0 saturated carbocycles. The maximum atomic E-state index is 9.87. The summed E-state index contributed by atoms with van der Waals surface area (Å²) in [5.41, 5.74) is 2.09. The first kappa shape index (κ1) is 25.3. The third kappa shape index (κ3) is 9.65. The van der Waals surface area contributed by atoms with E-state index in [1.54, 1.807) is 6.07 Å². The van der Waals surface area contributed by atoms with Crippen LogP contribution in [0.5, 0.6) is 17.2 Å². The molecule has 0 saturated heterocycles. The number of diazo groups is 1. The number of rotatable bonds is 7. The molecule has 0 bridgehead atoms. The molecule has 0 aromatic heterocycles. The second-order valence-corrected chi connectivity index (χ2v) is 7.59. The molecule has 0 N–H and O–H groups in total. The SMILES string of the molecule is CCOc1cc(-c2ccccc2OCC)c(OCC)cc1[N+]#N.F[P-](F)(F)(F)(F)F. The fourth-order valence-corrected chi connectivity index (χ4v) is 2.35. The van der Waals surface area contributed by atoms with Gasteiger partial charge in [-0.1, -0.05) is 18.2 Å². The molecule has 168 valence electrons. The molecule has 0 radical (unpaired) electrons. The van der Waals surface area contributed by atoms with Crippen LogP contribution in [0.4, 0.5) is 30.9 Å². The van der Waals surface area contributed by atoms with Crippen LogP contribution >= 0.6 is 7.81 Å². The number of ether oxygens (including phenoxy) is 3. The van der Waals surface area contributed by atoms with Crippen molar-refractivity contribution < 1.29 is 39.4 Å². The maximum absolute atomic E-state index is 10.7. The first-order chi connectivity index (χ1) is 13.7. The molecule has 12 heteroatoms. The predicted molar refractivity (Wildman–Crippen MR) is 104 cm³/mol.